The van der Waals surface area contributed by atoms with Gasteiger partial charge in [-0.3, -0.25) is 24.1 Å². The Morgan fingerprint density at radius 1 is 1.00 bits per heavy atom. The minimum absolute atomic E-state index is 0.0576. The molecule has 2 aliphatic rings. The highest BCUT2D eigenvalue weighted by molar-refractivity contribution is 6.22. The summed E-state index contributed by atoms with van der Waals surface area (Å²) in [5.74, 6) is -2.09. The Kier molecular flexibility index (Phi) is 6.79. The molecular weight excluding hydrogens is 452 g/mol. The maximum Gasteiger partial charge on any atom is 0.338 e. The lowest BCUT2D eigenvalue weighted by molar-refractivity contribution is -0.116. The van der Waals surface area contributed by atoms with Gasteiger partial charge in [0.25, 0.3) is 11.8 Å². The number of benzene rings is 2. The van der Waals surface area contributed by atoms with Crippen molar-refractivity contribution in [2.45, 2.75) is 32.8 Å². The molecule has 0 aromatic heterocycles. The summed E-state index contributed by atoms with van der Waals surface area (Å²) in [6, 6.07) is 9.24. The first-order valence-corrected chi connectivity index (χ1v) is 11.4. The first-order valence-electron chi connectivity index (χ1n) is 11.4. The first-order chi connectivity index (χ1) is 16.7. The van der Waals surface area contributed by atoms with Crippen LogP contribution >= 0.6 is 0 Å². The standard InChI is InChI=1S/C26H26N2O7/c1-15(23(30)18-6-8-22-17(13-18)9-11-27(22)16(2)29)35-26(33)19-5-7-20-21(14-19)25(32)28(24(20)31)10-4-12-34-3/h5-8,13-15H,4,9-12H2,1-3H3. The Labute approximate surface area is 202 Å². The van der Waals surface area contributed by atoms with E-state index in [0.29, 0.717) is 31.6 Å². The van der Waals surface area contributed by atoms with Crippen LogP contribution in [0.15, 0.2) is 36.4 Å². The summed E-state index contributed by atoms with van der Waals surface area (Å²) >= 11 is 0. The van der Waals surface area contributed by atoms with E-state index < -0.39 is 23.9 Å². The van der Waals surface area contributed by atoms with E-state index in [1.807, 2.05) is 0 Å². The molecule has 35 heavy (non-hydrogen) atoms. The molecule has 0 aliphatic carbocycles. The van der Waals surface area contributed by atoms with E-state index in [1.54, 1.807) is 30.2 Å². The zero-order chi connectivity index (χ0) is 25.3. The van der Waals surface area contributed by atoms with Crippen LogP contribution in [-0.4, -0.2) is 67.3 Å². The molecule has 1 atom stereocenters. The SMILES string of the molecule is COCCCN1C(=O)c2ccc(C(=O)OC(C)C(=O)c3ccc4c(c3)CCN4C(C)=O)cc2C1=O. The highest BCUT2D eigenvalue weighted by Gasteiger charge is 2.36. The van der Waals surface area contributed by atoms with Crippen molar-refractivity contribution in [2.75, 3.05) is 31.7 Å². The average molecular weight is 479 g/mol. The number of carbonyl (C=O) groups is 5. The number of hydrogen-bond acceptors (Lipinski definition) is 7. The number of fused-ring (bicyclic) bond motifs is 2. The zero-order valence-corrected chi connectivity index (χ0v) is 19.8. The second-order valence-corrected chi connectivity index (χ2v) is 8.54. The van der Waals surface area contributed by atoms with Gasteiger partial charge in [-0.1, -0.05) is 0 Å². The van der Waals surface area contributed by atoms with Crippen LogP contribution in [0.2, 0.25) is 0 Å². The van der Waals surface area contributed by atoms with Crippen LogP contribution < -0.4 is 4.90 Å². The largest absolute Gasteiger partial charge is 0.451 e. The van der Waals surface area contributed by atoms with Crippen molar-refractivity contribution in [1.82, 2.24) is 4.90 Å². The number of carbonyl (C=O) groups excluding carboxylic acids is 5. The highest BCUT2D eigenvalue weighted by atomic mass is 16.5. The molecule has 0 radical (unpaired) electrons. The fraction of sp³-hybridized carbons (Fsp3) is 0.346. The van der Waals surface area contributed by atoms with Gasteiger partial charge < -0.3 is 14.4 Å². The fourth-order valence-corrected chi connectivity index (χ4v) is 4.39. The van der Waals surface area contributed by atoms with Crippen molar-refractivity contribution in [1.29, 1.82) is 0 Å². The number of anilines is 1. The lowest BCUT2D eigenvalue weighted by atomic mass is 10.0. The molecule has 4 rings (SSSR count). The van der Waals surface area contributed by atoms with Gasteiger partial charge in [0.1, 0.15) is 0 Å². The summed E-state index contributed by atoms with van der Waals surface area (Å²) in [6.45, 7) is 4.18. The molecule has 0 saturated carbocycles. The van der Waals surface area contributed by atoms with Gasteiger partial charge in [-0.2, -0.15) is 0 Å². The summed E-state index contributed by atoms with van der Waals surface area (Å²) in [7, 11) is 1.54. The maximum atomic E-state index is 12.9. The number of esters is 1. The summed E-state index contributed by atoms with van der Waals surface area (Å²) in [4.78, 5) is 65.4. The Balaban J connectivity index is 1.45. The van der Waals surface area contributed by atoms with Crippen LogP contribution in [0.3, 0.4) is 0 Å². The van der Waals surface area contributed by atoms with Gasteiger partial charge in [0, 0.05) is 45.0 Å². The second-order valence-electron chi connectivity index (χ2n) is 8.54. The van der Waals surface area contributed by atoms with Crippen molar-refractivity contribution in [3.63, 3.8) is 0 Å². The number of methoxy groups -OCH3 is 1. The molecule has 2 aromatic carbocycles. The van der Waals surface area contributed by atoms with E-state index >= 15 is 0 Å². The first kappa shape index (κ1) is 24.3. The van der Waals surface area contributed by atoms with Gasteiger partial charge in [-0.15, -0.1) is 0 Å². The molecule has 9 heteroatoms. The van der Waals surface area contributed by atoms with E-state index in [1.165, 1.54) is 32.0 Å². The van der Waals surface area contributed by atoms with Crippen LogP contribution in [0.1, 0.15) is 67.3 Å². The van der Waals surface area contributed by atoms with Gasteiger partial charge >= 0.3 is 5.97 Å². The molecule has 0 fully saturated rings. The lowest BCUT2D eigenvalue weighted by Gasteiger charge is -2.16. The molecule has 2 aromatic rings. The predicted molar refractivity (Wildman–Crippen MR) is 126 cm³/mol. The molecule has 0 saturated heterocycles. The van der Waals surface area contributed by atoms with Gasteiger partial charge in [0.05, 0.1) is 16.7 Å². The minimum Gasteiger partial charge on any atom is -0.451 e. The molecule has 3 amide bonds. The number of hydrogen-bond donors (Lipinski definition) is 0. The van der Waals surface area contributed by atoms with Crippen molar-refractivity contribution in [2.24, 2.45) is 0 Å². The van der Waals surface area contributed by atoms with Crippen LogP contribution in [0.5, 0.6) is 0 Å². The molecule has 2 heterocycles. The van der Waals surface area contributed by atoms with Gasteiger partial charge in [0.15, 0.2) is 6.10 Å². The zero-order valence-electron chi connectivity index (χ0n) is 19.8. The smallest absolute Gasteiger partial charge is 0.338 e. The van der Waals surface area contributed by atoms with Gasteiger partial charge in [0.2, 0.25) is 11.7 Å². The third kappa shape index (κ3) is 4.59. The van der Waals surface area contributed by atoms with E-state index in [0.717, 1.165) is 16.2 Å². The molecule has 2 aliphatic heterocycles. The number of ketones is 1. The molecule has 1 unspecified atom stereocenters. The summed E-state index contributed by atoms with van der Waals surface area (Å²) in [5.41, 5.74) is 2.50. The molecular formula is C26H26N2O7. The Bertz CT molecular complexity index is 1240. The van der Waals surface area contributed by atoms with E-state index in [2.05, 4.69) is 0 Å². The second kappa shape index (κ2) is 9.79. The Hall–Kier alpha value is -3.85. The molecule has 182 valence electrons. The Morgan fingerprint density at radius 2 is 1.71 bits per heavy atom. The monoisotopic (exact) mass is 478 g/mol. The van der Waals surface area contributed by atoms with Crippen LogP contribution in [-0.2, 0) is 20.7 Å². The van der Waals surface area contributed by atoms with E-state index in [9.17, 15) is 24.0 Å². The van der Waals surface area contributed by atoms with Crippen molar-refractivity contribution in [3.8, 4) is 0 Å². The van der Waals surface area contributed by atoms with E-state index in [-0.39, 0.29) is 34.9 Å². The molecule has 0 N–H and O–H groups in total. The minimum atomic E-state index is -1.07. The van der Waals surface area contributed by atoms with Crippen molar-refractivity contribution in [3.05, 3.63) is 64.2 Å². The quantitative estimate of drug-likeness (QED) is 0.248. The molecule has 0 bridgehead atoms. The highest BCUT2D eigenvalue weighted by Crippen LogP contribution is 2.30. The topological polar surface area (TPSA) is 110 Å². The average Bonchev–Trinajstić information content (AvgIpc) is 3.37. The molecule has 0 spiro atoms. The predicted octanol–water partition coefficient (Wildman–Crippen LogP) is 2.66. The number of rotatable bonds is 8. The summed E-state index contributed by atoms with van der Waals surface area (Å²) < 4.78 is 10.4. The van der Waals surface area contributed by atoms with Crippen molar-refractivity contribution < 1.29 is 33.4 Å². The maximum absolute atomic E-state index is 12.9. The number of Topliss-reactive ketones (excluding diaryl/α,β-unsaturated/α-hetero) is 1. The number of amides is 3. The van der Waals surface area contributed by atoms with E-state index in [4.69, 9.17) is 9.47 Å². The number of nitrogens with zero attached hydrogens (tertiary/aromatic N) is 2. The number of imide groups is 1. The third-order valence-corrected chi connectivity index (χ3v) is 6.23. The normalized spacial score (nSPS) is 15.2. The van der Waals surface area contributed by atoms with Crippen molar-refractivity contribution >= 4 is 35.2 Å². The van der Waals surface area contributed by atoms with Gasteiger partial charge in [-0.05, 0) is 61.7 Å². The molecule has 9 nitrogen and oxygen atoms in total. The summed E-state index contributed by atoms with van der Waals surface area (Å²) in [6.07, 6.45) is 0.0857. The fourth-order valence-electron chi connectivity index (χ4n) is 4.39. The van der Waals surface area contributed by atoms with Gasteiger partial charge in [-0.25, -0.2) is 4.79 Å². The third-order valence-electron chi connectivity index (χ3n) is 6.23. The number of ether oxygens (including phenoxy) is 2. The summed E-state index contributed by atoms with van der Waals surface area (Å²) in [5, 5.41) is 0. The van der Waals surface area contributed by atoms with Crippen LogP contribution in [0.4, 0.5) is 5.69 Å². The van der Waals surface area contributed by atoms with Crippen LogP contribution in [0.25, 0.3) is 0 Å². The van der Waals surface area contributed by atoms with Crippen LogP contribution in [0, 0.1) is 0 Å². The Morgan fingerprint density at radius 3 is 2.43 bits per heavy atom. The lowest BCUT2D eigenvalue weighted by Crippen LogP contribution is -2.31.